The second-order valence-corrected chi connectivity index (χ2v) is 13.2. The predicted molar refractivity (Wildman–Crippen MR) is 212 cm³/mol. The summed E-state index contributed by atoms with van der Waals surface area (Å²) in [6, 6.07) is 54.8. The molecule has 2 aliphatic rings. The lowest BCUT2D eigenvalue weighted by molar-refractivity contribution is 0.669. The fourth-order valence-electron chi connectivity index (χ4n) is 7.37. The standard InChI is InChI=1S/C47H32N4O/c1-3-11-32(12-4-1)41-30-42(33-21-19-31(20-22-33)36-27-28-45-39(29-36)38-15-7-10-18-44(38)52-45)49-46(48-41)34-23-25-35(26-24-34)47-50-40-16-8-9-17-43(40)51(47)37-13-5-2-6-14-37/h1-30,40,43H. The fraction of sp³-hybridized carbons (Fsp3) is 0.0426. The molecule has 0 amide bonds. The van der Waals surface area contributed by atoms with Crippen LogP contribution in [0.25, 0.3) is 67.0 Å². The Morgan fingerprint density at radius 2 is 1.06 bits per heavy atom. The van der Waals surface area contributed by atoms with Gasteiger partial charge in [-0.25, -0.2) is 9.97 Å². The van der Waals surface area contributed by atoms with E-state index in [4.69, 9.17) is 19.4 Å². The lowest BCUT2D eigenvalue weighted by Crippen LogP contribution is -2.39. The van der Waals surface area contributed by atoms with Gasteiger partial charge in [0.15, 0.2) is 5.82 Å². The third kappa shape index (κ3) is 5.31. The second kappa shape index (κ2) is 12.5. The summed E-state index contributed by atoms with van der Waals surface area (Å²) in [5.74, 6) is 1.64. The van der Waals surface area contributed by atoms with E-state index < -0.39 is 0 Å². The normalized spacial score (nSPS) is 16.4. The number of furan rings is 1. The number of fused-ring (bicyclic) bond motifs is 4. The van der Waals surface area contributed by atoms with E-state index in [0.29, 0.717) is 5.82 Å². The Kier molecular flexibility index (Phi) is 7.21. The van der Waals surface area contributed by atoms with Crippen LogP contribution < -0.4 is 4.90 Å². The number of hydrogen-bond donors (Lipinski definition) is 0. The van der Waals surface area contributed by atoms with Crippen LogP contribution in [0, 0.1) is 0 Å². The first-order valence-corrected chi connectivity index (χ1v) is 17.6. The van der Waals surface area contributed by atoms with Gasteiger partial charge in [-0.15, -0.1) is 0 Å². The number of aromatic nitrogens is 2. The topological polar surface area (TPSA) is 54.5 Å². The molecule has 3 heterocycles. The van der Waals surface area contributed by atoms with Gasteiger partial charge in [-0.05, 0) is 47.5 Å². The van der Waals surface area contributed by atoms with Crippen molar-refractivity contribution in [2.45, 2.75) is 12.1 Å². The minimum absolute atomic E-state index is 0.0770. The summed E-state index contributed by atoms with van der Waals surface area (Å²) < 4.78 is 6.06. The van der Waals surface area contributed by atoms with Crippen molar-refractivity contribution < 1.29 is 4.42 Å². The molecule has 0 radical (unpaired) electrons. The summed E-state index contributed by atoms with van der Waals surface area (Å²) in [7, 11) is 0. The number of hydrogen-bond acceptors (Lipinski definition) is 5. The van der Waals surface area contributed by atoms with E-state index in [9.17, 15) is 0 Å². The van der Waals surface area contributed by atoms with Gasteiger partial charge in [0.1, 0.15) is 17.0 Å². The van der Waals surface area contributed by atoms with E-state index in [1.54, 1.807) is 0 Å². The molecule has 52 heavy (non-hydrogen) atoms. The molecule has 2 atom stereocenters. The van der Waals surface area contributed by atoms with Crippen LogP contribution in [0.3, 0.4) is 0 Å². The molecular formula is C47H32N4O. The number of amidine groups is 1. The van der Waals surface area contributed by atoms with Gasteiger partial charge >= 0.3 is 0 Å². The Balaban J connectivity index is 1.00. The maximum absolute atomic E-state index is 6.06. The first-order valence-electron chi connectivity index (χ1n) is 17.6. The van der Waals surface area contributed by atoms with Crippen molar-refractivity contribution >= 4 is 33.5 Å². The minimum atomic E-state index is 0.0770. The van der Waals surface area contributed by atoms with Crippen molar-refractivity contribution in [1.82, 2.24) is 9.97 Å². The fourth-order valence-corrected chi connectivity index (χ4v) is 7.37. The number of para-hydroxylation sites is 2. The van der Waals surface area contributed by atoms with Crippen molar-refractivity contribution in [3.8, 4) is 45.0 Å². The van der Waals surface area contributed by atoms with Gasteiger partial charge in [0.05, 0.1) is 23.5 Å². The summed E-state index contributed by atoms with van der Waals surface area (Å²) in [4.78, 5) is 17.7. The highest BCUT2D eigenvalue weighted by molar-refractivity contribution is 6.12. The van der Waals surface area contributed by atoms with Crippen LogP contribution in [0.1, 0.15) is 5.56 Å². The largest absolute Gasteiger partial charge is 0.456 e. The molecule has 0 saturated carbocycles. The third-order valence-corrected chi connectivity index (χ3v) is 10.00. The molecule has 0 bridgehead atoms. The van der Waals surface area contributed by atoms with Crippen molar-refractivity contribution in [3.05, 3.63) is 188 Å². The maximum Gasteiger partial charge on any atom is 0.160 e. The highest BCUT2D eigenvalue weighted by Gasteiger charge is 2.35. The van der Waals surface area contributed by atoms with Gasteiger partial charge in [0, 0.05) is 38.7 Å². The van der Waals surface area contributed by atoms with Crippen LogP contribution in [-0.4, -0.2) is 27.9 Å². The molecule has 5 heteroatoms. The number of nitrogens with zero attached hydrogens (tertiary/aromatic N) is 4. The number of anilines is 1. The highest BCUT2D eigenvalue weighted by atomic mass is 16.3. The molecule has 0 saturated heterocycles. The average Bonchev–Trinajstić information content (AvgIpc) is 3.80. The minimum Gasteiger partial charge on any atom is -0.456 e. The number of benzene rings is 6. The van der Waals surface area contributed by atoms with Crippen molar-refractivity contribution in [2.75, 3.05) is 4.90 Å². The van der Waals surface area contributed by atoms with E-state index in [-0.39, 0.29) is 12.1 Å². The van der Waals surface area contributed by atoms with E-state index in [1.165, 1.54) is 0 Å². The molecule has 0 fully saturated rings. The predicted octanol–water partition coefficient (Wildman–Crippen LogP) is 11.2. The van der Waals surface area contributed by atoms with Gasteiger partial charge in [-0.2, -0.15) is 0 Å². The van der Waals surface area contributed by atoms with E-state index >= 15 is 0 Å². The molecule has 6 aromatic carbocycles. The van der Waals surface area contributed by atoms with Crippen molar-refractivity contribution in [3.63, 3.8) is 0 Å². The van der Waals surface area contributed by atoms with Gasteiger partial charge in [-0.1, -0.05) is 146 Å². The molecule has 1 aliphatic carbocycles. The Bertz CT molecular complexity index is 2670. The second-order valence-electron chi connectivity index (χ2n) is 13.2. The lowest BCUT2D eigenvalue weighted by Gasteiger charge is -2.29. The van der Waals surface area contributed by atoms with Crippen LogP contribution >= 0.6 is 0 Å². The number of aliphatic imine (C=N–C) groups is 1. The molecule has 2 aromatic heterocycles. The van der Waals surface area contributed by atoms with Crippen LogP contribution in [0.15, 0.2) is 191 Å². The summed E-state index contributed by atoms with van der Waals surface area (Å²) in [5.41, 5.74) is 11.0. The molecule has 246 valence electrons. The first kappa shape index (κ1) is 30.0. The smallest absolute Gasteiger partial charge is 0.160 e. The zero-order valence-electron chi connectivity index (χ0n) is 28.2. The Morgan fingerprint density at radius 3 is 1.85 bits per heavy atom. The Hall–Kier alpha value is -6.85. The van der Waals surface area contributed by atoms with E-state index in [0.717, 1.165) is 78.2 Å². The molecule has 0 spiro atoms. The molecule has 10 rings (SSSR count). The Labute approximate surface area is 301 Å². The average molecular weight is 669 g/mol. The van der Waals surface area contributed by atoms with Crippen molar-refractivity contribution in [1.29, 1.82) is 0 Å². The lowest BCUT2D eigenvalue weighted by atomic mass is 10.00. The summed E-state index contributed by atoms with van der Waals surface area (Å²) in [6.45, 7) is 0. The monoisotopic (exact) mass is 668 g/mol. The van der Waals surface area contributed by atoms with Crippen molar-refractivity contribution in [2.24, 2.45) is 4.99 Å². The Morgan fingerprint density at radius 1 is 0.462 bits per heavy atom. The van der Waals surface area contributed by atoms with Gasteiger partial charge in [0.2, 0.25) is 0 Å². The third-order valence-electron chi connectivity index (χ3n) is 10.00. The quantitative estimate of drug-likeness (QED) is 0.177. The summed E-state index contributed by atoms with van der Waals surface area (Å²) in [6.07, 6.45) is 8.62. The number of allylic oxidation sites excluding steroid dienone is 2. The van der Waals surface area contributed by atoms with Crippen LogP contribution in [-0.2, 0) is 0 Å². The van der Waals surface area contributed by atoms with Crippen LogP contribution in [0.2, 0.25) is 0 Å². The van der Waals surface area contributed by atoms with Gasteiger partial charge < -0.3 is 9.32 Å². The van der Waals surface area contributed by atoms with Gasteiger partial charge in [-0.3, -0.25) is 4.99 Å². The molecular weight excluding hydrogens is 637 g/mol. The molecule has 2 unspecified atom stereocenters. The van der Waals surface area contributed by atoms with Crippen LogP contribution in [0.4, 0.5) is 5.69 Å². The van der Waals surface area contributed by atoms with Crippen LogP contribution in [0.5, 0.6) is 0 Å². The molecule has 0 N–H and O–H groups in total. The van der Waals surface area contributed by atoms with E-state index in [1.807, 2.05) is 30.3 Å². The molecule has 1 aliphatic heterocycles. The highest BCUT2D eigenvalue weighted by Crippen LogP contribution is 2.35. The zero-order chi connectivity index (χ0) is 34.4. The van der Waals surface area contributed by atoms with Gasteiger partial charge in [0.25, 0.3) is 0 Å². The SMILES string of the molecule is C1=CC2N=C(c3ccc(-c4nc(-c5ccccc5)cc(-c5ccc(-c6ccc7oc8ccccc8c7c6)cc5)n4)cc3)N(c3ccccc3)C2C=C1. The first-order chi connectivity index (χ1) is 25.7. The summed E-state index contributed by atoms with van der Waals surface area (Å²) in [5, 5.41) is 2.25. The zero-order valence-corrected chi connectivity index (χ0v) is 28.2. The summed E-state index contributed by atoms with van der Waals surface area (Å²) >= 11 is 0. The van der Waals surface area contributed by atoms with E-state index in [2.05, 4.69) is 157 Å². The molecule has 5 nitrogen and oxygen atoms in total. The molecule has 8 aromatic rings. The maximum atomic E-state index is 6.06. The number of rotatable bonds is 6.